The molecule has 0 radical (unpaired) electrons. The summed E-state index contributed by atoms with van der Waals surface area (Å²) >= 11 is 0. The molecule has 1 saturated heterocycles. The Balaban J connectivity index is 2.24. The van der Waals surface area contributed by atoms with Crippen molar-refractivity contribution in [2.24, 2.45) is 0 Å². The fourth-order valence-corrected chi connectivity index (χ4v) is 9.33. The molecule has 1 aliphatic rings. The normalized spacial score (nSPS) is 20.8. The Bertz CT molecular complexity index is 1020. The highest BCUT2D eigenvalue weighted by atomic mass is 16.7. The third kappa shape index (κ3) is 33.3. The Morgan fingerprint density at radius 2 is 0.800 bits per heavy atom. The van der Waals surface area contributed by atoms with Gasteiger partial charge in [0.25, 0.3) is 0 Å². The molecule has 1 aliphatic heterocycles. The van der Waals surface area contributed by atoms with Crippen LogP contribution in [0.5, 0.6) is 0 Å². The highest BCUT2D eigenvalue weighted by Gasteiger charge is 2.44. The second-order valence-corrected chi connectivity index (χ2v) is 20.0. The van der Waals surface area contributed by atoms with E-state index in [1.165, 1.54) is 193 Å². The smallest absolute Gasteiger partial charge is 0.249 e. The minimum absolute atomic E-state index is 0.265. The molecule has 0 aliphatic carbocycles. The molecule has 11 nitrogen and oxygen atoms in total. The number of aliphatic hydroxyl groups excluding tert-OH is 7. The number of hydrogen-bond acceptors (Lipinski definition) is 10. The van der Waals surface area contributed by atoms with Gasteiger partial charge < -0.3 is 50.5 Å². The van der Waals surface area contributed by atoms with Crippen molar-refractivity contribution < 1.29 is 50.0 Å². The predicted molar refractivity (Wildman–Crippen MR) is 266 cm³/mol. The molecular weight excluding hydrogens is 823 g/mol. The molecule has 0 aromatic carbocycles. The van der Waals surface area contributed by atoms with Crippen LogP contribution in [0.1, 0.15) is 271 Å². The van der Waals surface area contributed by atoms with Crippen molar-refractivity contribution in [2.75, 3.05) is 13.2 Å². The van der Waals surface area contributed by atoms with E-state index in [1.807, 2.05) is 0 Å². The van der Waals surface area contributed by atoms with Crippen molar-refractivity contribution in [1.82, 2.24) is 5.32 Å². The van der Waals surface area contributed by atoms with Gasteiger partial charge in [0.2, 0.25) is 5.91 Å². The molecule has 0 saturated carbocycles. The lowest BCUT2D eigenvalue weighted by atomic mass is 9.98. The van der Waals surface area contributed by atoms with Crippen LogP contribution in [0.25, 0.3) is 0 Å². The molecule has 9 atom stereocenters. The summed E-state index contributed by atoms with van der Waals surface area (Å²) in [6, 6.07) is -1.16. The number of rotatable bonds is 48. The number of amides is 1. The van der Waals surface area contributed by atoms with Gasteiger partial charge in [-0.15, -0.1) is 0 Å². The average Bonchev–Trinajstić information content (AvgIpc) is 3.31. The fraction of sp³-hybridized carbons (Fsp3) is 0.981. The van der Waals surface area contributed by atoms with E-state index in [0.29, 0.717) is 19.3 Å². The Hall–Kier alpha value is -0.890. The SMILES string of the molecule is CCCCCCCCCCCCCCCCCCCCCCCCCCCCCC(O)C(O)C(COC1OC(CO)C(O)C(O)C1O)NC(=O)C(O)CCCCCCCCCCCCC. The molecule has 1 amide bonds. The maximum absolute atomic E-state index is 13.1. The number of carbonyl (C=O) groups excluding carboxylic acids is 1. The standard InChI is InChI=1S/C54H107NO10/c1-3-5-7-9-11-13-15-16-17-18-19-20-21-22-23-24-25-26-27-28-29-30-32-33-35-37-39-41-46(57)49(59)45(44-64-54-52(62)51(61)50(60)48(43-56)65-54)55-53(63)47(58)42-40-38-36-34-31-14-12-10-8-6-4-2/h45-52,54,56-62H,3-44H2,1-2H3,(H,55,63). The minimum Gasteiger partial charge on any atom is -0.394 e. The Kier molecular flexibility index (Phi) is 42.4. The van der Waals surface area contributed by atoms with Gasteiger partial charge in [0.05, 0.1) is 25.4 Å². The second kappa shape index (κ2) is 44.3. The summed E-state index contributed by atoms with van der Waals surface area (Å²) in [4.78, 5) is 13.1. The van der Waals surface area contributed by atoms with E-state index >= 15 is 0 Å². The van der Waals surface area contributed by atoms with Gasteiger partial charge in [0, 0.05) is 0 Å². The maximum Gasteiger partial charge on any atom is 0.249 e. The first-order valence-electron chi connectivity index (χ1n) is 27.9. The quantitative estimate of drug-likeness (QED) is 0.0273. The van der Waals surface area contributed by atoms with Crippen LogP contribution in [0.4, 0.5) is 0 Å². The van der Waals surface area contributed by atoms with Crippen molar-refractivity contribution in [1.29, 1.82) is 0 Å². The lowest BCUT2D eigenvalue weighted by Crippen LogP contribution is -2.60. The molecule has 9 unspecified atom stereocenters. The van der Waals surface area contributed by atoms with Gasteiger partial charge in [-0.2, -0.15) is 0 Å². The Labute approximate surface area is 399 Å². The summed E-state index contributed by atoms with van der Waals surface area (Å²) in [6.07, 6.45) is 37.4. The van der Waals surface area contributed by atoms with Crippen LogP contribution in [0.2, 0.25) is 0 Å². The first-order chi connectivity index (χ1) is 31.7. The summed E-state index contributed by atoms with van der Waals surface area (Å²) in [7, 11) is 0. The molecule has 1 heterocycles. The molecule has 0 aromatic heterocycles. The molecule has 1 fully saturated rings. The van der Waals surface area contributed by atoms with Crippen molar-refractivity contribution in [3.8, 4) is 0 Å². The van der Waals surface area contributed by atoms with Crippen LogP contribution >= 0.6 is 0 Å². The van der Waals surface area contributed by atoms with Crippen molar-refractivity contribution in [3.05, 3.63) is 0 Å². The molecule has 65 heavy (non-hydrogen) atoms. The third-order valence-electron chi connectivity index (χ3n) is 13.9. The summed E-state index contributed by atoms with van der Waals surface area (Å²) in [5.41, 5.74) is 0. The topological polar surface area (TPSA) is 189 Å². The first-order valence-corrected chi connectivity index (χ1v) is 27.9. The Morgan fingerprint density at radius 3 is 1.14 bits per heavy atom. The van der Waals surface area contributed by atoms with Crippen molar-refractivity contribution in [2.45, 2.75) is 326 Å². The molecule has 388 valence electrons. The van der Waals surface area contributed by atoms with Gasteiger partial charge in [-0.1, -0.05) is 258 Å². The summed E-state index contributed by atoms with van der Waals surface area (Å²) in [6.45, 7) is 3.46. The van der Waals surface area contributed by atoms with E-state index in [9.17, 15) is 40.5 Å². The monoisotopic (exact) mass is 930 g/mol. The highest BCUT2D eigenvalue weighted by molar-refractivity contribution is 5.80. The number of nitrogens with one attached hydrogen (secondary N) is 1. The summed E-state index contributed by atoms with van der Waals surface area (Å²) in [5.74, 6) is -0.693. The van der Waals surface area contributed by atoms with Crippen LogP contribution in [0.15, 0.2) is 0 Å². The molecule has 11 heteroatoms. The number of carbonyl (C=O) groups is 1. The van der Waals surface area contributed by atoms with Crippen molar-refractivity contribution >= 4 is 5.91 Å². The molecule has 0 bridgehead atoms. The lowest BCUT2D eigenvalue weighted by molar-refractivity contribution is -0.303. The molecule has 0 aromatic rings. The van der Waals surface area contributed by atoms with Gasteiger partial charge in [0.1, 0.15) is 36.6 Å². The van der Waals surface area contributed by atoms with E-state index in [0.717, 1.165) is 38.5 Å². The van der Waals surface area contributed by atoms with Gasteiger partial charge in [-0.05, 0) is 12.8 Å². The second-order valence-electron chi connectivity index (χ2n) is 20.0. The van der Waals surface area contributed by atoms with Crippen LogP contribution < -0.4 is 5.32 Å². The lowest BCUT2D eigenvalue weighted by Gasteiger charge is -2.40. The number of aliphatic hydroxyl groups is 7. The van der Waals surface area contributed by atoms with Crippen LogP contribution in [0.3, 0.4) is 0 Å². The van der Waals surface area contributed by atoms with Gasteiger partial charge >= 0.3 is 0 Å². The minimum atomic E-state index is -1.66. The average molecular weight is 930 g/mol. The zero-order chi connectivity index (χ0) is 47.6. The zero-order valence-corrected chi connectivity index (χ0v) is 42.2. The fourth-order valence-electron chi connectivity index (χ4n) is 9.33. The molecule has 0 spiro atoms. The molecular formula is C54H107NO10. The van der Waals surface area contributed by atoms with E-state index in [1.54, 1.807) is 0 Å². The van der Waals surface area contributed by atoms with Crippen LogP contribution in [0, 0.1) is 0 Å². The van der Waals surface area contributed by atoms with Crippen molar-refractivity contribution in [3.63, 3.8) is 0 Å². The zero-order valence-electron chi connectivity index (χ0n) is 42.2. The molecule has 1 rings (SSSR count). The van der Waals surface area contributed by atoms with Gasteiger partial charge in [0.15, 0.2) is 6.29 Å². The number of ether oxygens (including phenoxy) is 2. The van der Waals surface area contributed by atoms with E-state index < -0.39 is 74.2 Å². The largest absolute Gasteiger partial charge is 0.394 e. The number of unbranched alkanes of at least 4 members (excludes halogenated alkanes) is 36. The van der Waals surface area contributed by atoms with Crippen LogP contribution in [-0.2, 0) is 14.3 Å². The van der Waals surface area contributed by atoms with Gasteiger partial charge in [-0.3, -0.25) is 4.79 Å². The van der Waals surface area contributed by atoms with Crippen LogP contribution in [-0.4, -0.2) is 110 Å². The maximum atomic E-state index is 13.1. The summed E-state index contributed by atoms with van der Waals surface area (Å²) in [5, 5.41) is 75.9. The predicted octanol–water partition coefficient (Wildman–Crippen LogP) is 11.0. The van der Waals surface area contributed by atoms with E-state index in [4.69, 9.17) is 9.47 Å². The third-order valence-corrected chi connectivity index (χ3v) is 13.9. The highest BCUT2D eigenvalue weighted by Crippen LogP contribution is 2.23. The summed E-state index contributed by atoms with van der Waals surface area (Å²) < 4.78 is 11.1. The molecule has 8 N–H and O–H groups in total. The van der Waals surface area contributed by atoms with Gasteiger partial charge in [-0.25, -0.2) is 0 Å². The Morgan fingerprint density at radius 1 is 0.477 bits per heavy atom. The van der Waals surface area contributed by atoms with E-state index in [2.05, 4.69) is 19.2 Å². The first kappa shape index (κ1) is 62.1. The number of hydrogen-bond donors (Lipinski definition) is 8. The van der Waals surface area contributed by atoms with E-state index in [-0.39, 0.29) is 6.42 Å².